The number of hydrogen-bond acceptors (Lipinski definition) is 3. The third-order valence-electron chi connectivity index (χ3n) is 3.24. The second-order valence-electron chi connectivity index (χ2n) is 6.68. The molecule has 0 fully saturated rings. The Balaban J connectivity index is 2.17. The second-order valence-corrected chi connectivity index (χ2v) is 6.68. The van der Waals surface area contributed by atoms with Gasteiger partial charge in [-0.2, -0.15) is 0 Å². The van der Waals surface area contributed by atoms with E-state index < -0.39 is 11.7 Å². The minimum Gasteiger partial charge on any atom is -0.444 e. The molecule has 1 aromatic rings. The van der Waals surface area contributed by atoms with E-state index in [1.54, 1.807) is 0 Å². The topological polar surface area (TPSA) is 67.4 Å². The molecule has 1 rings (SSSR count). The van der Waals surface area contributed by atoms with Crippen molar-refractivity contribution in [1.82, 2.24) is 10.6 Å². The zero-order valence-corrected chi connectivity index (χ0v) is 14.5. The number of ether oxygens (including phenoxy) is 1. The number of amides is 2. The lowest BCUT2D eigenvalue weighted by Crippen LogP contribution is -2.33. The van der Waals surface area contributed by atoms with Crippen molar-refractivity contribution in [2.75, 3.05) is 6.54 Å². The van der Waals surface area contributed by atoms with Crippen LogP contribution in [0, 0.1) is 5.92 Å². The molecule has 2 amide bonds. The summed E-state index contributed by atoms with van der Waals surface area (Å²) in [5.74, 6) is -0.0507. The summed E-state index contributed by atoms with van der Waals surface area (Å²) in [4.78, 5) is 23.5. The lowest BCUT2D eigenvalue weighted by atomic mass is 10.0. The lowest BCUT2D eigenvalue weighted by Gasteiger charge is -2.19. The fourth-order valence-electron chi connectivity index (χ4n) is 2.00. The van der Waals surface area contributed by atoms with Gasteiger partial charge < -0.3 is 15.4 Å². The van der Waals surface area contributed by atoms with Crippen LogP contribution in [0.5, 0.6) is 0 Å². The molecule has 23 heavy (non-hydrogen) atoms. The molecular weight excluding hydrogens is 292 g/mol. The van der Waals surface area contributed by atoms with Gasteiger partial charge in [0.25, 0.3) is 0 Å². The molecule has 5 nitrogen and oxygen atoms in total. The molecular formula is C18H28N2O3. The van der Waals surface area contributed by atoms with Gasteiger partial charge in [-0.1, -0.05) is 37.3 Å². The van der Waals surface area contributed by atoms with Crippen molar-refractivity contribution >= 4 is 12.0 Å². The number of hydrogen-bond donors (Lipinski definition) is 2. The zero-order chi connectivity index (χ0) is 17.3. The Labute approximate surface area is 138 Å². The number of carbonyl (C=O) groups is 2. The van der Waals surface area contributed by atoms with Crippen LogP contribution in [0.2, 0.25) is 0 Å². The van der Waals surface area contributed by atoms with Crippen LogP contribution in [-0.2, 0) is 16.1 Å². The van der Waals surface area contributed by atoms with Gasteiger partial charge in [0.2, 0.25) is 5.91 Å². The number of rotatable bonds is 7. The molecule has 0 heterocycles. The third-order valence-corrected chi connectivity index (χ3v) is 3.24. The largest absolute Gasteiger partial charge is 0.444 e. The van der Waals surface area contributed by atoms with Crippen LogP contribution in [0.15, 0.2) is 30.3 Å². The molecule has 0 aromatic heterocycles. The predicted molar refractivity (Wildman–Crippen MR) is 90.9 cm³/mol. The molecule has 0 aliphatic heterocycles. The minimum absolute atomic E-state index is 0.0334. The van der Waals surface area contributed by atoms with Crippen LogP contribution < -0.4 is 10.6 Å². The summed E-state index contributed by atoms with van der Waals surface area (Å²) in [7, 11) is 0. The average molecular weight is 320 g/mol. The van der Waals surface area contributed by atoms with Gasteiger partial charge in [0.1, 0.15) is 5.60 Å². The fourth-order valence-corrected chi connectivity index (χ4v) is 2.00. The summed E-state index contributed by atoms with van der Waals surface area (Å²) in [5.41, 5.74) is 0.592. The molecule has 0 aliphatic carbocycles. The van der Waals surface area contributed by atoms with E-state index in [4.69, 9.17) is 4.74 Å². The van der Waals surface area contributed by atoms with E-state index in [1.807, 2.05) is 58.0 Å². The predicted octanol–water partition coefficient (Wildman–Crippen LogP) is 3.24. The Morgan fingerprint density at radius 2 is 1.78 bits per heavy atom. The highest BCUT2D eigenvalue weighted by Crippen LogP contribution is 2.08. The summed E-state index contributed by atoms with van der Waals surface area (Å²) in [6.07, 6.45) is 1.04. The Morgan fingerprint density at radius 1 is 1.13 bits per heavy atom. The van der Waals surface area contributed by atoms with Gasteiger partial charge in [-0.05, 0) is 39.2 Å². The Morgan fingerprint density at radius 3 is 2.39 bits per heavy atom. The van der Waals surface area contributed by atoms with Gasteiger partial charge in [0.15, 0.2) is 0 Å². The molecule has 0 bridgehead atoms. The lowest BCUT2D eigenvalue weighted by molar-refractivity contribution is -0.124. The van der Waals surface area contributed by atoms with E-state index in [1.165, 1.54) is 0 Å². The van der Waals surface area contributed by atoms with Gasteiger partial charge >= 0.3 is 6.09 Å². The van der Waals surface area contributed by atoms with Crippen LogP contribution in [0.1, 0.15) is 46.1 Å². The van der Waals surface area contributed by atoms with Gasteiger partial charge in [-0.15, -0.1) is 0 Å². The van der Waals surface area contributed by atoms with Crippen molar-refractivity contribution in [1.29, 1.82) is 0 Å². The molecule has 0 aliphatic rings. The van der Waals surface area contributed by atoms with E-state index >= 15 is 0 Å². The van der Waals surface area contributed by atoms with Crippen molar-refractivity contribution in [3.8, 4) is 0 Å². The fraction of sp³-hybridized carbons (Fsp3) is 0.556. The van der Waals surface area contributed by atoms with Crippen LogP contribution in [0.25, 0.3) is 0 Å². The third kappa shape index (κ3) is 8.86. The molecule has 5 heteroatoms. The number of alkyl carbamates (subject to hydrolysis) is 1. The quantitative estimate of drug-likeness (QED) is 0.758. The summed E-state index contributed by atoms with van der Waals surface area (Å²) in [5, 5.41) is 5.63. The highest BCUT2D eigenvalue weighted by Gasteiger charge is 2.16. The van der Waals surface area contributed by atoms with E-state index in [0.717, 1.165) is 18.4 Å². The first-order valence-electron chi connectivity index (χ1n) is 8.06. The highest BCUT2D eigenvalue weighted by atomic mass is 16.6. The van der Waals surface area contributed by atoms with E-state index in [2.05, 4.69) is 10.6 Å². The number of nitrogens with one attached hydrogen (secondary N) is 2. The van der Waals surface area contributed by atoms with Crippen LogP contribution in [-0.4, -0.2) is 24.1 Å². The summed E-state index contributed by atoms with van der Waals surface area (Å²) < 4.78 is 5.15. The standard InChI is InChI=1S/C18H28N2O3/c1-14(9-8-12-19-17(22)23-18(2,3)4)16(21)20-13-15-10-6-5-7-11-15/h5-7,10-11,14H,8-9,12-13H2,1-4H3,(H,19,22)(H,20,21)/t14-/m0/s1. The molecule has 0 saturated heterocycles. The molecule has 0 radical (unpaired) electrons. The smallest absolute Gasteiger partial charge is 0.407 e. The Hall–Kier alpha value is -2.04. The molecule has 0 saturated carbocycles. The maximum absolute atomic E-state index is 12.0. The van der Waals surface area contributed by atoms with E-state index in [0.29, 0.717) is 13.1 Å². The second kappa shape index (κ2) is 9.18. The maximum atomic E-state index is 12.0. The minimum atomic E-state index is -0.491. The van der Waals surface area contributed by atoms with Crippen molar-refractivity contribution in [3.05, 3.63) is 35.9 Å². The Bertz CT molecular complexity index is 495. The molecule has 1 atom stereocenters. The van der Waals surface area contributed by atoms with Crippen LogP contribution in [0.3, 0.4) is 0 Å². The first kappa shape index (κ1) is 19.0. The summed E-state index contributed by atoms with van der Waals surface area (Å²) in [6, 6.07) is 9.82. The van der Waals surface area contributed by atoms with Gasteiger partial charge in [-0.25, -0.2) is 4.79 Å². The normalized spacial score (nSPS) is 12.3. The average Bonchev–Trinajstić information content (AvgIpc) is 2.48. The van der Waals surface area contributed by atoms with Gasteiger partial charge in [0, 0.05) is 19.0 Å². The van der Waals surface area contributed by atoms with Gasteiger partial charge in [-0.3, -0.25) is 4.79 Å². The van der Waals surface area contributed by atoms with Gasteiger partial charge in [0.05, 0.1) is 0 Å². The number of carbonyl (C=O) groups excluding carboxylic acids is 2. The summed E-state index contributed by atoms with van der Waals surface area (Å²) >= 11 is 0. The molecule has 0 spiro atoms. The maximum Gasteiger partial charge on any atom is 0.407 e. The first-order chi connectivity index (χ1) is 10.8. The molecule has 2 N–H and O–H groups in total. The van der Waals surface area contributed by atoms with Crippen molar-refractivity contribution in [2.45, 2.75) is 52.7 Å². The molecule has 0 unspecified atom stereocenters. The Kier molecular flexibility index (Phi) is 7.59. The SMILES string of the molecule is C[C@@H](CCCNC(=O)OC(C)(C)C)C(=O)NCc1ccccc1. The first-order valence-corrected chi connectivity index (χ1v) is 8.06. The number of benzene rings is 1. The van der Waals surface area contributed by atoms with Crippen LogP contribution in [0.4, 0.5) is 4.79 Å². The molecule has 128 valence electrons. The monoisotopic (exact) mass is 320 g/mol. The van der Waals surface area contributed by atoms with Crippen LogP contribution >= 0.6 is 0 Å². The summed E-state index contributed by atoms with van der Waals surface area (Å²) in [6.45, 7) is 8.42. The van der Waals surface area contributed by atoms with E-state index in [-0.39, 0.29) is 11.8 Å². The van der Waals surface area contributed by atoms with Crippen molar-refractivity contribution < 1.29 is 14.3 Å². The molecule has 1 aromatic carbocycles. The highest BCUT2D eigenvalue weighted by molar-refractivity contribution is 5.78. The van der Waals surface area contributed by atoms with E-state index in [9.17, 15) is 9.59 Å². The van der Waals surface area contributed by atoms with Crippen molar-refractivity contribution in [2.24, 2.45) is 5.92 Å². The zero-order valence-electron chi connectivity index (χ0n) is 14.5. The van der Waals surface area contributed by atoms with Crippen molar-refractivity contribution in [3.63, 3.8) is 0 Å².